The van der Waals surface area contributed by atoms with Crippen molar-refractivity contribution < 1.29 is 4.79 Å². The van der Waals surface area contributed by atoms with Crippen molar-refractivity contribution >= 4 is 5.91 Å². The van der Waals surface area contributed by atoms with Crippen molar-refractivity contribution in [1.29, 1.82) is 0 Å². The highest BCUT2D eigenvalue weighted by molar-refractivity contribution is 5.75. The van der Waals surface area contributed by atoms with E-state index in [0.717, 1.165) is 32.4 Å². The van der Waals surface area contributed by atoms with Crippen LogP contribution in [0.5, 0.6) is 0 Å². The van der Waals surface area contributed by atoms with Crippen LogP contribution in [0.2, 0.25) is 0 Å². The lowest BCUT2D eigenvalue weighted by Gasteiger charge is -2.05. The van der Waals surface area contributed by atoms with Crippen molar-refractivity contribution in [2.24, 2.45) is 5.73 Å². The lowest BCUT2D eigenvalue weighted by molar-refractivity contribution is -0.121. The minimum absolute atomic E-state index is 0.105. The first-order valence-electron chi connectivity index (χ1n) is 5.75. The van der Waals surface area contributed by atoms with Crippen LogP contribution < -0.4 is 11.1 Å². The highest BCUT2D eigenvalue weighted by Crippen LogP contribution is 1.94. The molecule has 0 saturated heterocycles. The van der Waals surface area contributed by atoms with Crippen LogP contribution in [0.15, 0.2) is 18.7 Å². The Labute approximate surface area is 96.0 Å². The second-order valence-corrected chi connectivity index (χ2v) is 3.75. The molecule has 0 spiro atoms. The molecule has 0 aliphatic carbocycles. The van der Waals surface area contributed by atoms with Gasteiger partial charge in [0.1, 0.15) is 0 Å². The SMILES string of the molecule is NCCCC(=O)NCCCCn1ccnc1. The summed E-state index contributed by atoms with van der Waals surface area (Å²) in [6, 6.07) is 0. The molecule has 0 aliphatic rings. The van der Waals surface area contributed by atoms with Gasteiger partial charge in [-0.05, 0) is 25.8 Å². The molecule has 90 valence electrons. The Kier molecular flexibility index (Phi) is 6.25. The van der Waals surface area contributed by atoms with Crippen molar-refractivity contribution in [1.82, 2.24) is 14.9 Å². The van der Waals surface area contributed by atoms with Gasteiger partial charge in [0.05, 0.1) is 6.33 Å². The number of nitrogens with one attached hydrogen (secondary N) is 1. The minimum Gasteiger partial charge on any atom is -0.356 e. The highest BCUT2D eigenvalue weighted by atomic mass is 16.1. The average molecular weight is 224 g/mol. The van der Waals surface area contributed by atoms with Gasteiger partial charge in [-0.15, -0.1) is 0 Å². The Morgan fingerprint density at radius 2 is 2.25 bits per heavy atom. The van der Waals surface area contributed by atoms with E-state index in [1.54, 1.807) is 12.5 Å². The lowest BCUT2D eigenvalue weighted by Crippen LogP contribution is -2.24. The molecular weight excluding hydrogens is 204 g/mol. The maximum Gasteiger partial charge on any atom is 0.220 e. The third-order valence-corrected chi connectivity index (χ3v) is 2.33. The van der Waals surface area contributed by atoms with E-state index >= 15 is 0 Å². The molecule has 3 N–H and O–H groups in total. The molecule has 1 heterocycles. The molecule has 0 fully saturated rings. The largest absolute Gasteiger partial charge is 0.356 e. The Morgan fingerprint density at radius 1 is 1.38 bits per heavy atom. The molecule has 0 unspecified atom stereocenters. The summed E-state index contributed by atoms with van der Waals surface area (Å²) in [6.45, 7) is 2.28. The Bertz CT molecular complexity index is 284. The van der Waals surface area contributed by atoms with E-state index in [9.17, 15) is 4.79 Å². The van der Waals surface area contributed by atoms with E-state index in [-0.39, 0.29) is 5.91 Å². The van der Waals surface area contributed by atoms with Gasteiger partial charge in [0.2, 0.25) is 5.91 Å². The highest BCUT2D eigenvalue weighted by Gasteiger charge is 1.98. The second-order valence-electron chi connectivity index (χ2n) is 3.75. The molecule has 1 rings (SSSR count). The predicted octanol–water partition coefficient (Wildman–Crippen LogP) is 0.518. The Morgan fingerprint density at radius 3 is 2.94 bits per heavy atom. The van der Waals surface area contributed by atoms with Crippen LogP contribution in [0.1, 0.15) is 25.7 Å². The first-order chi connectivity index (χ1) is 7.83. The number of aryl methyl sites for hydroxylation is 1. The van der Waals surface area contributed by atoms with Gasteiger partial charge in [-0.2, -0.15) is 0 Å². The molecule has 0 atom stereocenters. The summed E-state index contributed by atoms with van der Waals surface area (Å²) in [7, 11) is 0. The monoisotopic (exact) mass is 224 g/mol. The fraction of sp³-hybridized carbons (Fsp3) is 0.636. The van der Waals surface area contributed by atoms with Crippen molar-refractivity contribution in [3.63, 3.8) is 0 Å². The molecule has 5 heteroatoms. The van der Waals surface area contributed by atoms with E-state index in [0.29, 0.717) is 13.0 Å². The van der Waals surface area contributed by atoms with E-state index in [2.05, 4.69) is 10.3 Å². The van der Waals surface area contributed by atoms with E-state index < -0.39 is 0 Å². The van der Waals surface area contributed by atoms with Gasteiger partial charge >= 0.3 is 0 Å². The van der Waals surface area contributed by atoms with Crippen molar-refractivity contribution in [3.8, 4) is 0 Å². The van der Waals surface area contributed by atoms with Crippen LogP contribution in [-0.4, -0.2) is 28.5 Å². The zero-order chi connectivity index (χ0) is 11.6. The van der Waals surface area contributed by atoms with Gasteiger partial charge in [0.15, 0.2) is 0 Å². The van der Waals surface area contributed by atoms with Crippen LogP contribution in [-0.2, 0) is 11.3 Å². The number of amides is 1. The van der Waals surface area contributed by atoms with Gasteiger partial charge < -0.3 is 15.6 Å². The van der Waals surface area contributed by atoms with Crippen LogP contribution in [0.3, 0.4) is 0 Å². The zero-order valence-corrected chi connectivity index (χ0v) is 9.56. The van der Waals surface area contributed by atoms with E-state index in [1.807, 2.05) is 10.8 Å². The number of unbranched alkanes of at least 4 members (excludes halogenated alkanes) is 1. The normalized spacial score (nSPS) is 10.3. The standard InChI is InChI=1S/C11H20N4O/c12-5-3-4-11(16)14-6-1-2-8-15-9-7-13-10-15/h7,9-10H,1-6,8,12H2,(H,14,16). The smallest absolute Gasteiger partial charge is 0.220 e. The molecule has 1 aromatic rings. The summed E-state index contributed by atoms with van der Waals surface area (Å²) >= 11 is 0. The summed E-state index contributed by atoms with van der Waals surface area (Å²) in [6.07, 6.45) is 8.87. The first-order valence-corrected chi connectivity index (χ1v) is 5.75. The first kappa shape index (κ1) is 12.7. The number of aromatic nitrogens is 2. The number of rotatable bonds is 8. The fourth-order valence-corrected chi connectivity index (χ4v) is 1.42. The van der Waals surface area contributed by atoms with Gasteiger partial charge in [0, 0.05) is 31.9 Å². The lowest BCUT2D eigenvalue weighted by atomic mass is 10.2. The zero-order valence-electron chi connectivity index (χ0n) is 9.56. The van der Waals surface area contributed by atoms with Gasteiger partial charge in [-0.3, -0.25) is 4.79 Å². The average Bonchev–Trinajstić information content (AvgIpc) is 2.79. The molecule has 0 aliphatic heterocycles. The molecule has 0 aromatic carbocycles. The molecule has 1 amide bonds. The molecule has 0 bridgehead atoms. The number of carbonyl (C=O) groups excluding carboxylic acids is 1. The summed E-state index contributed by atoms with van der Waals surface area (Å²) in [5, 5.41) is 2.88. The van der Waals surface area contributed by atoms with E-state index in [1.165, 1.54) is 0 Å². The molecule has 0 saturated carbocycles. The second kappa shape index (κ2) is 7.87. The molecule has 16 heavy (non-hydrogen) atoms. The Hall–Kier alpha value is -1.36. The molecule has 0 radical (unpaired) electrons. The Balaban J connectivity index is 1.93. The maximum absolute atomic E-state index is 11.2. The van der Waals surface area contributed by atoms with Gasteiger partial charge in [-0.1, -0.05) is 0 Å². The number of nitrogens with two attached hydrogens (primary N) is 1. The third kappa shape index (κ3) is 5.50. The number of nitrogens with zero attached hydrogens (tertiary/aromatic N) is 2. The number of hydrogen-bond donors (Lipinski definition) is 2. The summed E-state index contributed by atoms with van der Waals surface area (Å²) in [5.41, 5.74) is 5.32. The van der Waals surface area contributed by atoms with Crippen LogP contribution in [0.25, 0.3) is 0 Å². The molecule has 5 nitrogen and oxygen atoms in total. The topological polar surface area (TPSA) is 72.9 Å². The van der Waals surface area contributed by atoms with Crippen molar-refractivity contribution in [3.05, 3.63) is 18.7 Å². The van der Waals surface area contributed by atoms with Gasteiger partial charge in [-0.25, -0.2) is 4.98 Å². The van der Waals surface area contributed by atoms with Crippen LogP contribution >= 0.6 is 0 Å². The maximum atomic E-state index is 11.2. The van der Waals surface area contributed by atoms with Gasteiger partial charge in [0.25, 0.3) is 0 Å². The summed E-state index contributed by atoms with van der Waals surface area (Å²) in [4.78, 5) is 15.2. The third-order valence-electron chi connectivity index (χ3n) is 2.33. The summed E-state index contributed by atoms with van der Waals surface area (Å²) < 4.78 is 2.04. The fourth-order valence-electron chi connectivity index (χ4n) is 1.42. The number of hydrogen-bond acceptors (Lipinski definition) is 3. The van der Waals surface area contributed by atoms with E-state index in [4.69, 9.17) is 5.73 Å². The number of imidazole rings is 1. The quantitative estimate of drug-likeness (QED) is 0.632. The van der Waals surface area contributed by atoms with Crippen molar-refractivity contribution in [2.75, 3.05) is 13.1 Å². The summed E-state index contributed by atoms with van der Waals surface area (Å²) in [5.74, 6) is 0.105. The van der Waals surface area contributed by atoms with Crippen molar-refractivity contribution in [2.45, 2.75) is 32.2 Å². The van der Waals surface area contributed by atoms with Crippen LogP contribution in [0.4, 0.5) is 0 Å². The minimum atomic E-state index is 0.105. The predicted molar refractivity (Wildman–Crippen MR) is 62.8 cm³/mol. The number of carbonyl (C=O) groups is 1. The molecular formula is C11H20N4O. The van der Waals surface area contributed by atoms with Crippen LogP contribution in [0, 0.1) is 0 Å². The molecule has 1 aromatic heterocycles.